The first-order chi connectivity index (χ1) is 8.16. The monoisotopic (exact) mass is 235 g/mol. The summed E-state index contributed by atoms with van der Waals surface area (Å²) in [5.74, 6) is 1.10. The third kappa shape index (κ3) is 2.91. The van der Waals surface area contributed by atoms with Gasteiger partial charge in [-0.05, 0) is 5.92 Å². The van der Waals surface area contributed by atoms with Crippen molar-refractivity contribution in [3.63, 3.8) is 0 Å². The van der Waals surface area contributed by atoms with Gasteiger partial charge in [0.15, 0.2) is 5.82 Å². The van der Waals surface area contributed by atoms with E-state index in [4.69, 9.17) is 0 Å². The Hall–Kier alpha value is -1.69. The lowest BCUT2D eigenvalue weighted by Gasteiger charge is -2.05. The molecule has 0 saturated heterocycles. The molecule has 0 amide bonds. The fraction of sp³-hybridized carbons (Fsp3) is 0.545. The molecule has 92 valence electrons. The fourth-order valence-corrected chi connectivity index (χ4v) is 1.76. The number of aryl methyl sites for hydroxylation is 1. The summed E-state index contributed by atoms with van der Waals surface area (Å²) in [7, 11) is 1.94. The molecule has 2 heterocycles. The molecule has 0 bridgehead atoms. The summed E-state index contributed by atoms with van der Waals surface area (Å²) in [6.07, 6.45) is 3.37. The molecule has 0 atom stereocenters. The molecule has 0 aromatic carbocycles. The van der Waals surface area contributed by atoms with E-state index in [2.05, 4.69) is 38.9 Å². The van der Waals surface area contributed by atoms with Crippen molar-refractivity contribution in [1.29, 1.82) is 0 Å². The van der Waals surface area contributed by atoms with Crippen molar-refractivity contribution in [1.82, 2.24) is 25.2 Å². The number of nitrogens with zero attached hydrogens (tertiary/aromatic N) is 4. The van der Waals surface area contributed by atoms with Gasteiger partial charge in [-0.25, -0.2) is 0 Å². The van der Waals surface area contributed by atoms with E-state index in [0.717, 1.165) is 12.2 Å². The zero-order chi connectivity index (χ0) is 12.3. The highest BCUT2D eigenvalue weighted by molar-refractivity contribution is 5.19. The van der Waals surface area contributed by atoms with Crippen LogP contribution in [0.15, 0.2) is 17.1 Å². The molecule has 2 aromatic rings. The van der Waals surface area contributed by atoms with Crippen LogP contribution in [0.3, 0.4) is 0 Å². The zero-order valence-electron chi connectivity index (χ0n) is 10.3. The molecule has 0 spiro atoms. The topological polar surface area (TPSA) is 68.8 Å². The first-order valence-corrected chi connectivity index (χ1v) is 5.65. The van der Waals surface area contributed by atoms with Crippen LogP contribution in [-0.4, -0.2) is 19.9 Å². The lowest BCUT2D eigenvalue weighted by Crippen LogP contribution is -2.14. The molecule has 2 aromatic heterocycles. The number of hydrogen-bond acceptors (Lipinski definition) is 5. The minimum Gasteiger partial charge on any atom is -0.343 e. The van der Waals surface area contributed by atoms with Gasteiger partial charge in [-0.2, -0.15) is 10.1 Å². The Bertz CT molecular complexity index is 460. The number of hydrogen-bond donors (Lipinski definition) is 1. The van der Waals surface area contributed by atoms with Gasteiger partial charge in [0, 0.05) is 25.4 Å². The molecule has 6 nitrogen and oxygen atoms in total. The van der Waals surface area contributed by atoms with Crippen LogP contribution in [0.1, 0.15) is 36.8 Å². The van der Waals surface area contributed by atoms with Crippen molar-refractivity contribution < 1.29 is 4.52 Å². The molecule has 0 aliphatic heterocycles. The average Bonchev–Trinajstić information content (AvgIpc) is 2.88. The lowest BCUT2D eigenvalue weighted by atomic mass is 10.1. The van der Waals surface area contributed by atoms with Crippen molar-refractivity contribution in [2.24, 2.45) is 7.05 Å². The molecule has 1 N–H and O–H groups in total. The standard InChI is InChI=1S/C11H17N5O/c1-8(2)11-9(6-16(3)14-11)4-12-5-10-13-7-17-15-10/h6-8,12H,4-5H2,1-3H3. The van der Waals surface area contributed by atoms with Gasteiger partial charge in [-0.3, -0.25) is 4.68 Å². The van der Waals surface area contributed by atoms with Gasteiger partial charge in [-0.1, -0.05) is 19.0 Å². The smallest absolute Gasteiger partial charge is 0.213 e. The minimum absolute atomic E-state index is 0.429. The molecule has 6 heteroatoms. The normalized spacial score (nSPS) is 11.3. The Morgan fingerprint density at radius 1 is 1.41 bits per heavy atom. The molecule has 0 aliphatic rings. The largest absolute Gasteiger partial charge is 0.343 e. The van der Waals surface area contributed by atoms with Gasteiger partial charge in [0.05, 0.1) is 12.2 Å². The van der Waals surface area contributed by atoms with Gasteiger partial charge >= 0.3 is 0 Å². The van der Waals surface area contributed by atoms with Crippen molar-refractivity contribution in [3.05, 3.63) is 29.7 Å². The molecule has 2 rings (SSSR count). The maximum Gasteiger partial charge on any atom is 0.213 e. The molecule has 0 radical (unpaired) electrons. The summed E-state index contributed by atoms with van der Waals surface area (Å²) < 4.78 is 6.51. The van der Waals surface area contributed by atoms with Gasteiger partial charge < -0.3 is 9.84 Å². The van der Waals surface area contributed by atoms with Gasteiger partial charge in [-0.15, -0.1) is 0 Å². The summed E-state index contributed by atoms with van der Waals surface area (Å²) in [4.78, 5) is 3.95. The maximum absolute atomic E-state index is 4.67. The van der Waals surface area contributed by atoms with E-state index >= 15 is 0 Å². The van der Waals surface area contributed by atoms with E-state index in [0.29, 0.717) is 18.3 Å². The first-order valence-electron chi connectivity index (χ1n) is 5.65. The molecular formula is C11H17N5O. The Morgan fingerprint density at radius 2 is 2.24 bits per heavy atom. The van der Waals surface area contributed by atoms with Crippen molar-refractivity contribution >= 4 is 0 Å². The van der Waals surface area contributed by atoms with Crippen LogP contribution in [-0.2, 0) is 20.1 Å². The van der Waals surface area contributed by atoms with Gasteiger partial charge in [0.2, 0.25) is 6.39 Å². The van der Waals surface area contributed by atoms with Crippen LogP contribution in [0.2, 0.25) is 0 Å². The Kier molecular flexibility index (Phi) is 3.53. The van der Waals surface area contributed by atoms with Crippen LogP contribution >= 0.6 is 0 Å². The molecule has 0 fully saturated rings. The zero-order valence-corrected chi connectivity index (χ0v) is 10.3. The highest BCUT2D eigenvalue weighted by Gasteiger charge is 2.11. The van der Waals surface area contributed by atoms with Gasteiger partial charge in [0.25, 0.3) is 0 Å². The maximum atomic E-state index is 4.67. The Labute approximate surface area is 100 Å². The molecular weight excluding hydrogens is 218 g/mol. The van der Waals surface area contributed by atoms with Crippen molar-refractivity contribution in [2.45, 2.75) is 32.9 Å². The minimum atomic E-state index is 0.429. The highest BCUT2D eigenvalue weighted by Crippen LogP contribution is 2.16. The van der Waals surface area contributed by atoms with E-state index < -0.39 is 0 Å². The molecule has 0 unspecified atom stereocenters. The van der Waals surface area contributed by atoms with Crippen molar-refractivity contribution in [3.8, 4) is 0 Å². The summed E-state index contributed by atoms with van der Waals surface area (Å²) in [5, 5.41) is 11.5. The Balaban J connectivity index is 1.94. The first kappa shape index (κ1) is 11.8. The van der Waals surface area contributed by atoms with Crippen LogP contribution in [0, 0.1) is 0 Å². The van der Waals surface area contributed by atoms with E-state index in [9.17, 15) is 0 Å². The van der Waals surface area contributed by atoms with Crippen LogP contribution in [0.25, 0.3) is 0 Å². The van der Waals surface area contributed by atoms with E-state index in [1.54, 1.807) is 0 Å². The van der Waals surface area contributed by atoms with Crippen LogP contribution < -0.4 is 5.32 Å². The second-order valence-corrected chi connectivity index (χ2v) is 4.32. The summed E-state index contributed by atoms with van der Waals surface area (Å²) in [6, 6.07) is 0. The van der Waals surface area contributed by atoms with E-state index in [1.807, 2.05) is 17.9 Å². The van der Waals surface area contributed by atoms with Crippen molar-refractivity contribution in [2.75, 3.05) is 0 Å². The number of aromatic nitrogens is 4. The summed E-state index contributed by atoms with van der Waals surface area (Å²) in [6.45, 7) is 5.65. The summed E-state index contributed by atoms with van der Waals surface area (Å²) >= 11 is 0. The molecule has 0 aliphatic carbocycles. The van der Waals surface area contributed by atoms with E-state index in [1.165, 1.54) is 12.0 Å². The lowest BCUT2D eigenvalue weighted by molar-refractivity contribution is 0.407. The molecule has 0 saturated carbocycles. The number of rotatable bonds is 5. The van der Waals surface area contributed by atoms with Crippen LogP contribution in [0.5, 0.6) is 0 Å². The molecule has 17 heavy (non-hydrogen) atoms. The Morgan fingerprint density at radius 3 is 2.88 bits per heavy atom. The predicted molar refractivity (Wildman–Crippen MR) is 62.1 cm³/mol. The predicted octanol–water partition coefficient (Wildman–Crippen LogP) is 1.22. The van der Waals surface area contributed by atoms with E-state index in [-0.39, 0.29) is 0 Å². The van der Waals surface area contributed by atoms with Gasteiger partial charge in [0.1, 0.15) is 0 Å². The number of nitrogens with one attached hydrogen (secondary N) is 1. The third-order valence-corrected chi connectivity index (χ3v) is 2.49. The fourth-order valence-electron chi connectivity index (χ4n) is 1.76. The highest BCUT2D eigenvalue weighted by atomic mass is 16.5. The third-order valence-electron chi connectivity index (χ3n) is 2.49. The quantitative estimate of drug-likeness (QED) is 0.843. The summed E-state index contributed by atoms with van der Waals surface area (Å²) in [5.41, 5.74) is 2.35. The second-order valence-electron chi connectivity index (χ2n) is 4.32. The SMILES string of the molecule is CC(C)c1nn(C)cc1CNCc1ncon1. The average molecular weight is 235 g/mol. The van der Waals surface area contributed by atoms with Crippen LogP contribution in [0.4, 0.5) is 0 Å². The second kappa shape index (κ2) is 5.09.